The highest BCUT2D eigenvalue weighted by molar-refractivity contribution is 7.89. The minimum Gasteiger partial charge on any atom is -0.390 e. The molecular formula is C14H26N2O3S. The lowest BCUT2D eigenvalue weighted by Crippen LogP contribution is -2.24. The van der Waals surface area contributed by atoms with Crippen LogP contribution in [0.15, 0.2) is 17.2 Å². The molecule has 116 valence electrons. The van der Waals surface area contributed by atoms with E-state index in [-0.39, 0.29) is 11.5 Å². The monoisotopic (exact) mass is 302 g/mol. The average molecular weight is 302 g/mol. The van der Waals surface area contributed by atoms with Crippen LogP contribution in [0.4, 0.5) is 0 Å². The van der Waals surface area contributed by atoms with Crippen molar-refractivity contribution < 1.29 is 13.5 Å². The van der Waals surface area contributed by atoms with Crippen LogP contribution >= 0.6 is 0 Å². The Bertz CT molecular complexity index is 495. The van der Waals surface area contributed by atoms with Crippen LogP contribution < -0.4 is 4.72 Å². The Labute approximate surface area is 122 Å². The molecule has 6 heteroatoms. The largest absolute Gasteiger partial charge is 0.390 e. The van der Waals surface area contributed by atoms with Crippen LogP contribution in [0.1, 0.15) is 51.1 Å². The molecular weight excluding hydrogens is 276 g/mol. The maximum Gasteiger partial charge on any atom is 0.242 e. The van der Waals surface area contributed by atoms with E-state index >= 15 is 0 Å². The Hall–Kier alpha value is -0.850. The molecule has 0 radical (unpaired) electrons. The Morgan fingerprint density at radius 2 is 1.85 bits per heavy atom. The fourth-order valence-electron chi connectivity index (χ4n) is 2.08. The molecule has 0 aromatic carbocycles. The van der Waals surface area contributed by atoms with Crippen LogP contribution in [0, 0.1) is 0 Å². The van der Waals surface area contributed by atoms with Crippen molar-refractivity contribution in [1.82, 2.24) is 9.29 Å². The summed E-state index contributed by atoms with van der Waals surface area (Å²) in [6.07, 6.45) is 8.29. The molecule has 0 aliphatic heterocycles. The lowest BCUT2D eigenvalue weighted by atomic mass is 10.1. The summed E-state index contributed by atoms with van der Waals surface area (Å²) in [7, 11) is -1.73. The van der Waals surface area contributed by atoms with Gasteiger partial charge in [-0.1, -0.05) is 39.0 Å². The zero-order chi connectivity index (χ0) is 15.0. The van der Waals surface area contributed by atoms with Gasteiger partial charge in [0.2, 0.25) is 10.0 Å². The third kappa shape index (κ3) is 5.26. The topological polar surface area (TPSA) is 71.3 Å². The van der Waals surface area contributed by atoms with E-state index in [4.69, 9.17) is 5.11 Å². The molecule has 5 nitrogen and oxygen atoms in total. The molecule has 0 aliphatic rings. The molecule has 2 N–H and O–H groups in total. The first-order chi connectivity index (χ1) is 9.51. The van der Waals surface area contributed by atoms with Crippen LogP contribution in [0.5, 0.6) is 0 Å². The van der Waals surface area contributed by atoms with Gasteiger partial charge >= 0.3 is 0 Å². The van der Waals surface area contributed by atoms with Gasteiger partial charge in [-0.15, -0.1) is 0 Å². The molecule has 0 aliphatic carbocycles. The lowest BCUT2D eigenvalue weighted by molar-refractivity contribution is 0.272. The molecule has 0 amide bonds. The van der Waals surface area contributed by atoms with Gasteiger partial charge in [-0.2, -0.15) is 0 Å². The first kappa shape index (κ1) is 17.2. The van der Waals surface area contributed by atoms with Gasteiger partial charge in [0.25, 0.3) is 0 Å². The minimum absolute atomic E-state index is 0.163. The van der Waals surface area contributed by atoms with Crippen molar-refractivity contribution in [3.8, 4) is 0 Å². The number of sulfonamides is 1. The van der Waals surface area contributed by atoms with E-state index in [1.54, 1.807) is 11.6 Å². The standard InChI is InChI=1S/C14H26N2O3S/c1-3-4-5-6-7-8-9-15-20(18,19)14-10-13(12-17)16(2)11-14/h10-11,15,17H,3-9,12H2,1-2H3. The van der Waals surface area contributed by atoms with Gasteiger partial charge in [0, 0.05) is 25.5 Å². The molecule has 0 bridgehead atoms. The minimum atomic E-state index is -3.45. The second kappa shape index (κ2) is 8.44. The third-order valence-corrected chi connectivity index (χ3v) is 4.81. The van der Waals surface area contributed by atoms with E-state index in [0.717, 1.165) is 19.3 Å². The van der Waals surface area contributed by atoms with E-state index in [0.29, 0.717) is 12.2 Å². The summed E-state index contributed by atoms with van der Waals surface area (Å²) in [5, 5.41) is 9.08. The summed E-state index contributed by atoms with van der Waals surface area (Å²) >= 11 is 0. The summed E-state index contributed by atoms with van der Waals surface area (Å²) in [5.74, 6) is 0. The van der Waals surface area contributed by atoms with E-state index in [2.05, 4.69) is 11.6 Å². The van der Waals surface area contributed by atoms with Crippen molar-refractivity contribution >= 4 is 10.0 Å². The van der Waals surface area contributed by atoms with Gasteiger partial charge in [0.1, 0.15) is 0 Å². The molecule has 0 atom stereocenters. The van der Waals surface area contributed by atoms with Gasteiger partial charge < -0.3 is 9.67 Å². The summed E-state index contributed by atoms with van der Waals surface area (Å²) in [6.45, 7) is 2.48. The maximum absolute atomic E-state index is 12.0. The molecule has 0 unspecified atom stereocenters. The molecule has 20 heavy (non-hydrogen) atoms. The van der Waals surface area contributed by atoms with Crippen molar-refractivity contribution in [2.45, 2.75) is 57.0 Å². The van der Waals surface area contributed by atoms with E-state index in [9.17, 15) is 8.42 Å². The summed E-state index contributed by atoms with van der Waals surface area (Å²) in [6, 6.07) is 1.50. The fraction of sp³-hybridized carbons (Fsp3) is 0.714. The zero-order valence-corrected chi connectivity index (χ0v) is 13.2. The molecule has 1 aromatic heterocycles. The van der Waals surface area contributed by atoms with Crippen molar-refractivity contribution in [1.29, 1.82) is 0 Å². The number of aromatic nitrogens is 1. The molecule has 1 rings (SSSR count). The van der Waals surface area contributed by atoms with Crippen LogP contribution in [0.3, 0.4) is 0 Å². The van der Waals surface area contributed by atoms with Gasteiger partial charge in [-0.3, -0.25) is 0 Å². The van der Waals surface area contributed by atoms with Crippen LogP contribution in [0.25, 0.3) is 0 Å². The van der Waals surface area contributed by atoms with Crippen molar-refractivity contribution in [2.24, 2.45) is 7.05 Å². The normalized spacial score (nSPS) is 11.9. The summed E-state index contributed by atoms with van der Waals surface area (Å²) in [5.41, 5.74) is 0.588. The highest BCUT2D eigenvalue weighted by Crippen LogP contribution is 2.13. The lowest BCUT2D eigenvalue weighted by Gasteiger charge is -2.04. The SMILES string of the molecule is CCCCCCCCNS(=O)(=O)c1cc(CO)n(C)c1. The van der Waals surface area contributed by atoms with Gasteiger partial charge in [0.15, 0.2) is 0 Å². The predicted octanol–water partition coefficient (Wildman–Crippen LogP) is 2.16. The fourth-order valence-corrected chi connectivity index (χ4v) is 3.24. The van der Waals surface area contributed by atoms with Gasteiger partial charge in [0.05, 0.1) is 11.5 Å². The molecule has 0 saturated carbocycles. The molecule has 1 aromatic rings. The average Bonchev–Trinajstić information content (AvgIpc) is 2.80. The van der Waals surface area contributed by atoms with Gasteiger partial charge in [-0.25, -0.2) is 13.1 Å². The van der Waals surface area contributed by atoms with E-state index < -0.39 is 10.0 Å². The molecule has 0 spiro atoms. The van der Waals surface area contributed by atoms with Crippen molar-refractivity contribution in [3.05, 3.63) is 18.0 Å². The number of hydrogen-bond donors (Lipinski definition) is 2. The quantitative estimate of drug-likeness (QED) is 0.651. The smallest absolute Gasteiger partial charge is 0.242 e. The Kier molecular flexibility index (Phi) is 7.26. The van der Waals surface area contributed by atoms with Crippen LogP contribution in [0.2, 0.25) is 0 Å². The number of hydrogen-bond acceptors (Lipinski definition) is 3. The number of nitrogens with one attached hydrogen (secondary N) is 1. The number of aliphatic hydroxyl groups is 1. The molecule has 1 heterocycles. The van der Waals surface area contributed by atoms with Crippen molar-refractivity contribution in [2.75, 3.05) is 6.54 Å². The highest BCUT2D eigenvalue weighted by atomic mass is 32.2. The summed E-state index contributed by atoms with van der Waals surface area (Å²) in [4.78, 5) is 0.218. The van der Waals surface area contributed by atoms with Crippen molar-refractivity contribution in [3.63, 3.8) is 0 Å². The number of nitrogens with zero attached hydrogens (tertiary/aromatic N) is 1. The highest BCUT2D eigenvalue weighted by Gasteiger charge is 2.16. The Morgan fingerprint density at radius 3 is 2.45 bits per heavy atom. The second-order valence-corrected chi connectivity index (χ2v) is 6.87. The Morgan fingerprint density at radius 1 is 1.20 bits per heavy atom. The third-order valence-electron chi connectivity index (χ3n) is 3.38. The maximum atomic E-state index is 12.0. The molecule has 0 fully saturated rings. The van der Waals surface area contributed by atoms with Crippen LogP contribution in [-0.2, 0) is 23.7 Å². The Balaban J connectivity index is 2.38. The molecule has 0 saturated heterocycles. The second-order valence-electron chi connectivity index (χ2n) is 5.10. The number of unbranched alkanes of at least 4 members (excludes halogenated alkanes) is 5. The first-order valence-corrected chi connectivity index (χ1v) is 8.75. The summed E-state index contributed by atoms with van der Waals surface area (Å²) < 4.78 is 28.3. The predicted molar refractivity (Wildman–Crippen MR) is 79.9 cm³/mol. The number of rotatable bonds is 10. The van der Waals surface area contributed by atoms with Gasteiger partial charge in [-0.05, 0) is 12.5 Å². The van der Waals surface area contributed by atoms with E-state index in [1.165, 1.54) is 31.5 Å². The number of aliphatic hydroxyl groups excluding tert-OH is 1. The van der Waals surface area contributed by atoms with E-state index in [1.807, 2.05) is 0 Å². The number of aryl methyl sites for hydroxylation is 1. The van der Waals surface area contributed by atoms with Crippen LogP contribution in [-0.4, -0.2) is 24.6 Å². The first-order valence-electron chi connectivity index (χ1n) is 7.27. The zero-order valence-electron chi connectivity index (χ0n) is 12.4.